The van der Waals surface area contributed by atoms with E-state index in [0.29, 0.717) is 9.50 Å². The standard InChI is InChI=1S/C12H8Br2ClFN2O2S/c13-7-2-1-6(15)3-11(7)18-21(19,20)12-4-8(14)9(16)5-10(12)17/h1-5,18H,17H2. The van der Waals surface area contributed by atoms with Crippen LogP contribution in [-0.4, -0.2) is 8.42 Å². The maximum absolute atomic E-state index is 13.3. The van der Waals surface area contributed by atoms with Crippen LogP contribution in [0.25, 0.3) is 0 Å². The van der Waals surface area contributed by atoms with E-state index in [4.69, 9.17) is 17.3 Å². The SMILES string of the molecule is Nc1cc(F)c(Br)cc1S(=O)(=O)Nc1cc(Cl)ccc1Br. The van der Waals surface area contributed by atoms with E-state index >= 15 is 0 Å². The van der Waals surface area contributed by atoms with Crippen LogP contribution in [0, 0.1) is 5.82 Å². The Kier molecular flexibility index (Phi) is 4.82. The molecule has 9 heteroatoms. The molecule has 3 N–H and O–H groups in total. The van der Waals surface area contributed by atoms with Crippen LogP contribution < -0.4 is 10.5 Å². The van der Waals surface area contributed by atoms with E-state index in [1.807, 2.05) is 0 Å². The Hall–Kier alpha value is -0.830. The van der Waals surface area contributed by atoms with Gasteiger partial charge in [-0.05, 0) is 62.2 Å². The van der Waals surface area contributed by atoms with Gasteiger partial charge in [0.25, 0.3) is 10.0 Å². The van der Waals surface area contributed by atoms with E-state index in [-0.39, 0.29) is 20.7 Å². The Morgan fingerprint density at radius 3 is 2.48 bits per heavy atom. The fraction of sp³-hybridized carbons (Fsp3) is 0. The summed E-state index contributed by atoms with van der Waals surface area (Å²) in [6.45, 7) is 0. The lowest BCUT2D eigenvalue weighted by atomic mass is 10.3. The van der Waals surface area contributed by atoms with Crippen LogP contribution in [0.5, 0.6) is 0 Å². The molecule has 0 aliphatic heterocycles. The zero-order valence-electron chi connectivity index (χ0n) is 10.2. The Morgan fingerprint density at radius 1 is 1.14 bits per heavy atom. The van der Waals surface area contributed by atoms with Crippen LogP contribution in [-0.2, 0) is 10.0 Å². The molecule has 0 bridgehead atoms. The number of sulfonamides is 1. The number of hydrogen-bond donors (Lipinski definition) is 2. The molecule has 0 radical (unpaired) electrons. The summed E-state index contributed by atoms with van der Waals surface area (Å²) in [6.07, 6.45) is 0. The summed E-state index contributed by atoms with van der Waals surface area (Å²) in [5, 5.41) is 0.365. The molecular formula is C12H8Br2ClFN2O2S. The first kappa shape index (κ1) is 16.5. The zero-order chi connectivity index (χ0) is 15.8. The molecule has 2 aromatic rings. The monoisotopic (exact) mass is 456 g/mol. The third-order valence-corrected chi connectivity index (χ3v) is 5.47. The minimum atomic E-state index is -3.98. The van der Waals surface area contributed by atoms with Gasteiger partial charge in [-0.1, -0.05) is 11.6 Å². The quantitative estimate of drug-likeness (QED) is 0.671. The number of nitrogens with one attached hydrogen (secondary N) is 1. The van der Waals surface area contributed by atoms with Crippen molar-refractivity contribution in [2.24, 2.45) is 0 Å². The average Bonchev–Trinajstić information content (AvgIpc) is 2.37. The summed E-state index contributed by atoms with van der Waals surface area (Å²) in [7, 11) is -3.98. The van der Waals surface area contributed by atoms with Gasteiger partial charge in [-0.3, -0.25) is 4.72 Å². The Balaban J connectivity index is 2.48. The molecule has 0 amide bonds. The highest BCUT2D eigenvalue weighted by Crippen LogP contribution is 2.31. The van der Waals surface area contributed by atoms with E-state index < -0.39 is 15.8 Å². The summed E-state index contributed by atoms with van der Waals surface area (Å²) < 4.78 is 40.9. The number of nitrogen functional groups attached to an aromatic ring is 1. The highest BCUT2D eigenvalue weighted by Gasteiger charge is 2.21. The lowest BCUT2D eigenvalue weighted by Gasteiger charge is -2.12. The van der Waals surface area contributed by atoms with Gasteiger partial charge in [-0.2, -0.15) is 0 Å². The maximum atomic E-state index is 13.3. The topological polar surface area (TPSA) is 72.2 Å². The summed E-state index contributed by atoms with van der Waals surface area (Å²) in [5.41, 5.74) is 5.64. The Labute approximate surface area is 142 Å². The molecule has 112 valence electrons. The summed E-state index contributed by atoms with van der Waals surface area (Å²) in [4.78, 5) is -0.234. The van der Waals surface area contributed by atoms with Gasteiger partial charge in [0.1, 0.15) is 10.7 Å². The first-order valence-corrected chi connectivity index (χ1v) is 8.88. The van der Waals surface area contributed by atoms with Crippen molar-refractivity contribution in [1.82, 2.24) is 0 Å². The van der Waals surface area contributed by atoms with Crippen LogP contribution >= 0.6 is 43.5 Å². The van der Waals surface area contributed by atoms with Crippen molar-refractivity contribution in [1.29, 1.82) is 0 Å². The predicted octanol–water partition coefficient (Wildman–Crippen LogP) is 4.39. The van der Waals surface area contributed by atoms with Gasteiger partial charge >= 0.3 is 0 Å². The second-order valence-electron chi connectivity index (χ2n) is 4.03. The number of benzene rings is 2. The number of rotatable bonds is 3. The van der Waals surface area contributed by atoms with Gasteiger partial charge in [0.05, 0.1) is 15.8 Å². The van der Waals surface area contributed by atoms with Crippen LogP contribution in [0.2, 0.25) is 5.02 Å². The van der Waals surface area contributed by atoms with Crippen molar-refractivity contribution in [3.8, 4) is 0 Å². The van der Waals surface area contributed by atoms with Crippen molar-refractivity contribution < 1.29 is 12.8 Å². The average molecular weight is 459 g/mol. The van der Waals surface area contributed by atoms with Crippen LogP contribution in [0.15, 0.2) is 44.2 Å². The molecule has 0 aromatic heterocycles. The molecule has 21 heavy (non-hydrogen) atoms. The van der Waals surface area contributed by atoms with Crippen LogP contribution in [0.1, 0.15) is 0 Å². The predicted molar refractivity (Wildman–Crippen MR) is 88.5 cm³/mol. The van der Waals surface area contributed by atoms with E-state index in [2.05, 4.69) is 36.6 Å². The minimum absolute atomic E-state index is 0.00207. The molecule has 0 aliphatic carbocycles. The van der Waals surface area contributed by atoms with Crippen LogP contribution in [0.4, 0.5) is 15.8 Å². The molecule has 0 saturated carbocycles. The summed E-state index contributed by atoms with van der Waals surface area (Å²) in [5.74, 6) is -0.643. The molecule has 0 saturated heterocycles. The second-order valence-corrected chi connectivity index (χ2v) is 7.83. The van der Waals surface area contributed by atoms with E-state index in [1.165, 1.54) is 6.07 Å². The highest BCUT2D eigenvalue weighted by molar-refractivity contribution is 9.10. The van der Waals surface area contributed by atoms with Gasteiger partial charge in [0, 0.05) is 9.50 Å². The molecule has 0 aliphatic rings. The Bertz CT molecular complexity index is 815. The largest absolute Gasteiger partial charge is 0.398 e. The van der Waals surface area contributed by atoms with Crippen molar-refractivity contribution in [3.05, 3.63) is 50.1 Å². The number of hydrogen-bond acceptors (Lipinski definition) is 3. The lowest BCUT2D eigenvalue weighted by molar-refractivity contribution is 0.599. The molecular weight excluding hydrogens is 450 g/mol. The van der Waals surface area contributed by atoms with Gasteiger partial charge in [-0.25, -0.2) is 12.8 Å². The third-order valence-electron chi connectivity index (χ3n) is 2.51. The molecule has 0 spiro atoms. The molecule has 0 unspecified atom stereocenters. The van der Waals surface area contributed by atoms with Crippen molar-refractivity contribution >= 4 is 64.9 Å². The lowest BCUT2D eigenvalue weighted by Crippen LogP contribution is -2.15. The molecule has 2 rings (SSSR count). The molecule has 0 fully saturated rings. The van der Waals surface area contributed by atoms with Gasteiger partial charge in [-0.15, -0.1) is 0 Å². The molecule has 0 heterocycles. The first-order chi connectivity index (χ1) is 9.70. The zero-order valence-corrected chi connectivity index (χ0v) is 14.9. The van der Waals surface area contributed by atoms with E-state index in [0.717, 1.165) is 12.1 Å². The van der Waals surface area contributed by atoms with Crippen molar-refractivity contribution in [2.75, 3.05) is 10.5 Å². The van der Waals surface area contributed by atoms with Gasteiger partial charge in [0.2, 0.25) is 0 Å². The number of nitrogens with two attached hydrogens (primary N) is 1. The Morgan fingerprint density at radius 2 is 1.81 bits per heavy atom. The van der Waals surface area contributed by atoms with Crippen molar-refractivity contribution in [3.63, 3.8) is 0 Å². The number of halogens is 4. The van der Waals surface area contributed by atoms with Gasteiger partial charge in [0.15, 0.2) is 0 Å². The second kappa shape index (κ2) is 6.12. The first-order valence-electron chi connectivity index (χ1n) is 5.43. The minimum Gasteiger partial charge on any atom is -0.398 e. The molecule has 4 nitrogen and oxygen atoms in total. The fourth-order valence-corrected chi connectivity index (χ4v) is 3.91. The van der Waals surface area contributed by atoms with Gasteiger partial charge < -0.3 is 5.73 Å². The number of anilines is 2. The highest BCUT2D eigenvalue weighted by atomic mass is 79.9. The fourth-order valence-electron chi connectivity index (χ4n) is 1.55. The molecule has 2 aromatic carbocycles. The van der Waals surface area contributed by atoms with Crippen molar-refractivity contribution in [2.45, 2.75) is 4.90 Å². The van der Waals surface area contributed by atoms with E-state index in [1.54, 1.807) is 12.1 Å². The normalized spacial score (nSPS) is 11.4. The third kappa shape index (κ3) is 3.68. The smallest absolute Gasteiger partial charge is 0.264 e. The maximum Gasteiger partial charge on any atom is 0.264 e. The molecule has 0 atom stereocenters. The summed E-state index contributed by atoms with van der Waals surface area (Å²) in [6, 6.07) is 6.69. The van der Waals surface area contributed by atoms with E-state index in [9.17, 15) is 12.8 Å². The summed E-state index contributed by atoms with van der Waals surface area (Å²) >= 11 is 12.0. The van der Waals surface area contributed by atoms with Crippen LogP contribution in [0.3, 0.4) is 0 Å².